The van der Waals surface area contributed by atoms with Crippen molar-refractivity contribution < 1.29 is 4.74 Å². The number of hydrogen-bond acceptors (Lipinski definition) is 1. The van der Waals surface area contributed by atoms with E-state index in [2.05, 4.69) is 6.92 Å². The van der Waals surface area contributed by atoms with Gasteiger partial charge in [0.15, 0.2) is 0 Å². The Morgan fingerprint density at radius 2 is 1.65 bits per heavy atom. The molecule has 0 aliphatic heterocycles. The molecule has 0 amide bonds. The Morgan fingerprint density at radius 3 is 2.29 bits per heavy atom. The maximum Gasteiger partial charge on any atom is 0.0606 e. The highest BCUT2D eigenvalue weighted by Gasteiger charge is 2.39. The summed E-state index contributed by atoms with van der Waals surface area (Å²) in [5.41, 5.74) is 0. The van der Waals surface area contributed by atoms with Crippen molar-refractivity contribution in [3.05, 3.63) is 0 Å². The first-order chi connectivity index (χ1) is 8.40. The summed E-state index contributed by atoms with van der Waals surface area (Å²) in [6.45, 7) is 3.31. The molecule has 0 heterocycles. The van der Waals surface area contributed by atoms with Gasteiger partial charge in [0.05, 0.1) is 6.10 Å². The van der Waals surface area contributed by atoms with Gasteiger partial charge < -0.3 is 4.74 Å². The Kier molecular flexibility index (Phi) is 5.84. The summed E-state index contributed by atoms with van der Waals surface area (Å²) >= 11 is 0. The lowest BCUT2D eigenvalue weighted by molar-refractivity contribution is 0.0145. The predicted molar refractivity (Wildman–Crippen MR) is 73.2 cm³/mol. The minimum Gasteiger partial charge on any atom is -0.378 e. The van der Waals surface area contributed by atoms with Crippen molar-refractivity contribution in [2.45, 2.75) is 83.7 Å². The molecule has 0 spiro atoms. The van der Waals surface area contributed by atoms with Gasteiger partial charge in [-0.3, -0.25) is 0 Å². The normalized spacial score (nSPS) is 31.2. The molecule has 2 bridgehead atoms. The molecule has 0 aromatic rings. The maximum atomic E-state index is 6.06. The Labute approximate surface area is 107 Å². The van der Waals surface area contributed by atoms with Gasteiger partial charge in [-0.2, -0.15) is 0 Å². The van der Waals surface area contributed by atoms with Crippen LogP contribution < -0.4 is 0 Å². The number of fused-ring (bicyclic) bond motifs is 2. The van der Waals surface area contributed by atoms with Crippen LogP contribution in [0.25, 0.3) is 0 Å². The van der Waals surface area contributed by atoms with Crippen molar-refractivity contribution in [2.24, 2.45) is 11.8 Å². The van der Waals surface area contributed by atoms with Gasteiger partial charge in [0.2, 0.25) is 0 Å². The molecule has 1 heteroatoms. The lowest BCUT2D eigenvalue weighted by Gasteiger charge is -2.22. The fourth-order valence-electron chi connectivity index (χ4n) is 3.68. The molecule has 100 valence electrons. The van der Waals surface area contributed by atoms with E-state index in [1.54, 1.807) is 0 Å². The lowest BCUT2D eigenvalue weighted by atomic mass is 9.98. The van der Waals surface area contributed by atoms with Gasteiger partial charge in [0.25, 0.3) is 0 Å². The van der Waals surface area contributed by atoms with Crippen LogP contribution in [0.3, 0.4) is 0 Å². The van der Waals surface area contributed by atoms with E-state index < -0.39 is 0 Å². The molecule has 0 N–H and O–H groups in total. The minimum atomic E-state index is 0.647. The van der Waals surface area contributed by atoms with E-state index in [1.165, 1.54) is 70.6 Å². The number of rotatable bonds is 9. The molecule has 3 atom stereocenters. The highest BCUT2D eigenvalue weighted by Crippen LogP contribution is 2.45. The summed E-state index contributed by atoms with van der Waals surface area (Å²) in [7, 11) is 0. The molecule has 2 aliphatic rings. The highest BCUT2D eigenvalue weighted by molar-refractivity contribution is 4.90. The van der Waals surface area contributed by atoms with E-state index >= 15 is 0 Å². The van der Waals surface area contributed by atoms with Crippen LogP contribution in [-0.4, -0.2) is 12.7 Å². The summed E-state index contributed by atoms with van der Waals surface area (Å²) in [6.07, 6.45) is 16.2. The Bertz CT molecular complexity index is 202. The SMILES string of the molecule is CCCCCCCCCOC1CC2CCC1C2. The molecule has 0 aromatic heterocycles. The zero-order valence-corrected chi connectivity index (χ0v) is 11.6. The Balaban J connectivity index is 1.39. The largest absolute Gasteiger partial charge is 0.378 e. The zero-order chi connectivity index (χ0) is 11.9. The summed E-state index contributed by atoms with van der Waals surface area (Å²) in [5, 5.41) is 0. The summed E-state index contributed by atoms with van der Waals surface area (Å²) in [5.74, 6) is 1.96. The second-order valence-corrected chi connectivity index (χ2v) is 6.21. The second kappa shape index (κ2) is 7.41. The van der Waals surface area contributed by atoms with Gasteiger partial charge in [-0.25, -0.2) is 0 Å². The fraction of sp³-hybridized carbons (Fsp3) is 1.00. The Hall–Kier alpha value is -0.0400. The van der Waals surface area contributed by atoms with Crippen LogP contribution in [0.5, 0.6) is 0 Å². The molecule has 0 saturated heterocycles. The van der Waals surface area contributed by atoms with Gasteiger partial charge in [-0.1, -0.05) is 45.4 Å². The first-order valence-corrected chi connectivity index (χ1v) is 8.01. The molecular formula is C16H30O. The minimum absolute atomic E-state index is 0.647. The van der Waals surface area contributed by atoms with E-state index in [0.717, 1.165) is 18.4 Å². The van der Waals surface area contributed by atoms with Crippen molar-refractivity contribution in [2.75, 3.05) is 6.61 Å². The molecule has 17 heavy (non-hydrogen) atoms. The maximum absolute atomic E-state index is 6.06. The number of unbranched alkanes of at least 4 members (excludes halogenated alkanes) is 6. The topological polar surface area (TPSA) is 9.23 Å². The molecule has 2 fully saturated rings. The second-order valence-electron chi connectivity index (χ2n) is 6.21. The lowest BCUT2D eigenvalue weighted by Crippen LogP contribution is -2.20. The van der Waals surface area contributed by atoms with E-state index in [4.69, 9.17) is 4.74 Å². The van der Waals surface area contributed by atoms with Gasteiger partial charge in [0, 0.05) is 6.61 Å². The van der Waals surface area contributed by atoms with Gasteiger partial charge >= 0.3 is 0 Å². The van der Waals surface area contributed by atoms with E-state index in [0.29, 0.717) is 6.10 Å². The van der Waals surface area contributed by atoms with Crippen molar-refractivity contribution >= 4 is 0 Å². The standard InChI is InChI=1S/C16H30O/c1-2-3-4-5-6-7-8-11-17-16-13-14-9-10-15(16)12-14/h14-16H,2-13H2,1H3. The van der Waals surface area contributed by atoms with Crippen LogP contribution in [0.15, 0.2) is 0 Å². The monoisotopic (exact) mass is 238 g/mol. The molecule has 1 nitrogen and oxygen atoms in total. The summed E-state index contributed by atoms with van der Waals surface area (Å²) in [4.78, 5) is 0. The van der Waals surface area contributed by atoms with Crippen molar-refractivity contribution in [3.63, 3.8) is 0 Å². The van der Waals surface area contributed by atoms with Crippen molar-refractivity contribution in [1.29, 1.82) is 0 Å². The van der Waals surface area contributed by atoms with Crippen LogP contribution in [0, 0.1) is 11.8 Å². The zero-order valence-electron chi connectivity index (χ0n) is 11.6. The molecule has 2 saturated carbocycles. The summed E-state index contributed by atoms with van der Waals surface area (Å²) < 4.78 is 6.06. The van der Waals surface area contributed by atoms with E-state index in [9.17, 15) is 0 Å². The summed E-state index contributed by atoms with van der Waals surface area (Å²) in [6, 6.07) is 0. The highest BCUT2D eigenvalue weighted by atomic mass is 16.5. The average molecular weight is 238 g/mol. The number of hydrogen-bond donors (Lipinski definition) is 0. The van der Waals surface area contributed by atoms with E-state index in [1.807, 2.05) is 0 Å². The van der Waals surface area contributed by atoms with Gasteiger partial charge in [-0.05, 0) is 43.9 Å². The number of ether oxygens (including phenoxy) is 1. The van der Waals surface area contributed by atoms with Gasteiger partial charge in [-0.15, -0.1) is 0 Å². The van der Waals surface area contributed by atoms with Crippen molar-refractivity contribution in [3.8, 4) is 0 Å². The Morgan fingerprint density at radius 1 is 0.882 bits per heavy atom. The molecular weight excluding hydrogens is 208 g/mol. The smallest absolute Gasteiger partial charge is 0.0606 e. The third kappa shape index (κ3) is 4.28. The van der Waals surface area contributed by atoms with Crippen molar-refractivity contribution in [1.82, 2.24) is 0 Å². The third-order valence-electron chi connectivity index (χ3n) is 4.75. The van der Waals surface area contributed by atoms with Crippen LogP contribution in [0.1, 0.15) is 77.6 Å². The van der Waals surface area contributed by atoms with Crippen LogP contribution >= 0.6 is 0 Å². The quantitative estimate of drug-likeness (QED) is 0.517. The van der Waals surface area contributed by atoms with Crippen LogP contribution in [0.2, 0.25) is 0 Å². The molecule has 2 rings (SSSR count). The first-order valence-electron chi connectivity index (χ1n) is 8.01. The van der Waals surface area contributed by atoms with E-state index in [-0.39, 0.29) is 0 Å². The molecule has 0 aromatic carbocycles. The third-order valence-corrected chi connectivity index (χ3v) is 4.75. The van der Waals surface area contributed by atoms with Crippen LogP contribution in [0.4, 0.5) is 0 Å². The van der Waals surface area contributed by atoms with Gasteiger partial charge in [0.1, 0.15) is 0 Å². The predicted octanol–water partition coefficient (Wildman–Crippen LogP) is 4.94. The molecule has 2 aliphatic carbocycles. The van der Waals surface area contributed by atoms with Crippen LogP contribution in [-0.2, 0) is 4.74 Å². The average Bonchev–Trinajstić information content (AvgIpc) is 2.94. The first kappa shape index (κ1) is 13.4. The fourth-order valence-corrected chi connectivity index (χ4v) is 3.68. The molecule has 0 radical (unpaired) electrons. The molecule has 3 unspecified atom stereocenters.